The van der Waals surface area contributed by atoms with Crippen LogP contribution in [0.4, 0.5) is 0 Å². The highest BCUT2D eigenvalue weighted by Gasteiger charge is 2.22. The lowest BCUT2D eigenvalue weighted by Gasteiger charge is -2.13. The largest absolute Gasteiger partial charge is 0.456 e. The summed E-state index contributed by atoms with van der Waals surface area (Å²) >= 11 is 0. The van der Waals surface area contributed by atoms with E-state index in [0.29, 0.717) is 17.6 Å². The molecule has 0 unspecified atom stereocenters. The fourth-order valence-corrected chi connectivity index (χ4v) is 9.09. The van der Waals surface area contributed by atoms with Gasteiger partial charge < -0.3 is 8.83 Å². The standard InChI is InChI=1S/C53H30N4O2.C2H6/c1-2-12-33-28-35(21-20-31(33)10-1)51-54-52(36-22-25-41-40-15-6-8-19-45(40)59-48(41)30-36)56-53(55-51)57-44-18-7-5-14-39(44)42-17-9-16-38(50(42)57)34-24-26-46-43(29-34)49-37-13-4-3-11-32(37)23-27-47(49)58-46;1-2/h1-30H;1-2H3. The molecule has 13 aromatic rings. The zero-order valence-corrected chi connectivity index (χ0v) is 33.4. The second kappa shape index (κ2) is 13.8. The lowest BCUT2D eigenvalue weighted by Crippen LogP contribution is -2.07. The molecule has 0 saturated carbocycles. The second-order valence-corrected chi connectivity index (χ2v) is 15.2. The number of fused-ring (bicyclic) bond motifs is 12. The summed E-state index contributed by atoms with van der Waals surface area (Å²) in [7, 11) is 0. The maximum Gasteiger partial charge on any atom is 0.238 e. The predicted octanol–water partition coefficient (Wildman–Crippen LogP) is 15.1. The van der Waals surface area contributed by atoms with Crippen LogP contribution in [-0.4, -0.2) is 19.5 Å². The highest BCUT2D eigenvalue weighted by molar-refractivity contribution is 6.20. The van der Waals surface area contributed by atoms with Crippen molar-refractivity contribution in [2.24, 2.45) is 0 Å². The Balaban J connectivity index is 0.00000197. The van der Waals surface area contributed by atoms with Gasteiger partial charge in [-0.2, -0.15) is 9.97 Å². The quantitative estimate of drug-likeness (QED) is 0.178. The van der Waals surface area contributed by atoms with Crippen LogP contribution in [-0.2, 0) is 0 Å². The van der Waals surface area contributed by atoms with Gasteiger partial charge in [-0.3, -0.25) is 4.57 Å². The molecule has 288 valence electrons. The number of aromatic nitrogens is 4. The first-order chi connectivity index (χ1) is 30.2. The Hall–Kier alpha value is -8.09. The van der Waals surface area contributed by atoms with Crippen LogP contribution in [0.25, 0.3) is 127 Å². The molecule has 0 atom stereocenters. The summed E-state index contributed by atoms with van der Waals surface area (Å²) in [6.07, 6.45) is 0. The number of para-hydroxylation sites is 3. The molecule has 0 radical (unpaired) electrons. The van der Waals surface area contributed by atoms with Crippen LogP contribution in [0.1, 0.15) is 13.8 Å². The molecular weight excluding hydrogens is 749 g/mol. The first-order valence-corrected chi connectivity index (χ1v) is 20.8. The van der Waals surface area contributed by atoms with Crippen LogP contribution >= 0.6 is 0 Å². The Labute approximate surface area is 350 Å². The molecule has 9 aromatic carbocycles. The number of furan rings is 2. The number of hydrogen-bond donors (Lipinski definition) is 0. The molecule has 0 amide bonds. The molecule has 0 aliphatic heterocycles. The van der Waals surface area contributed by atoms with Crippen LogP contribution in [0.3, 0.4) is 0 Å². The van der Waals surface area contributed by atoms with Crippen molar-refractivity contribution < 1.29 is 8.83 Å². The van der Waals surface area contributed by atoms with E-state index >= 15 is 0 Å². The van der Waals surface area contributed by atoms with Gasteiger partial charge in [0.15, 0.2) is 11.6 Å². The first-order valence-electron chi connectivity index (χ1n) is 20.8. The maximum atomic E-state index is 6.42. The topological polar surface area (TPSA) is 69.9 Å². The number of nitrogens with zero attached hydrogens (tertiary/aromatic N) is 4. The molecule has 4 heterocycles. The summed E-state index contributed by atoms with van der Waals surface area (Å²) in [5.74, 6) is 1.67. The van der Waals surface area contributed by atoms with Crippen LogP contribution in [0, 0.1) is 0 Å². The van der Waals surface area contributed by atoms with Crippen molar-refractivity contribution in [3.63, 3.8) is 0 Å². The van der Waals surface area contributed by atoms with Crippen LogP contribution in [0.15, 0.2) is 191 Å². The second-order valence-electron chi connectivity index (χ2n) is 15.2. The molecule has 6 heteroatoms. The zero-order chi connectivity index (χ0) is 40.6. The number of benzene rings is 9. The first kappa shape index (κ1) is 34.9. The summed E-state index contributed by atoms with van der Waals surface area (Å²) < 4.78 is 15.0. The molecule has 0 bridgehead atoms. The van der Waals surface area contributed by atoms with E-state index in [1.165, 1.54) is 10.8 Å². The Morgan fingerprint density at radius 3 is 1.85 bits per heavy atom. The van der Waals surface area contributed by atoms with Gasteiger partial charge in [0.25, 0.3) is 0 Å². The average Bonchev–Trinajstić information content (AvgIpc) is 4.01. The van der Waals surface area contributed by atoms with Crippen molar-refractivity contribution in [3.8, 4) is 39.9 Å². The zero-order valence-electron chi connectivity index (χ0n) is 33.4. The van der Waals surface area contributed by atoms with Crippen LogP contribution in [0.5, 0.6) is 0 Å². The van der Waals surface area contributed by atoms with Gasteiger partial charge in [0.2, 0.25) is 5.95 Å². The molecule has 0 aliphatic rings. The molecule has 4 aromatic heterocycles. The van der Waals surface area contributed by atoms with Gasteiger partial charge in [0, 0.05) is 49.0 Å². The molecule has 61 heavy (non-hydrogen) atoms. The summed E-state index contributed by atoms with van der Waals surface area (Å²) in [6, 6.07) is 63.4. The molecule has 0 spiro atoms. The Morgan fingerprint density at radius 2 is 0.984 bits per heavy atom. The third kappa shape index (κ3) is 5.46. The number of rotatable bonds is 4. The average molecular weight is 785 g/mol. The van der Waals surface area contributed by atoms with E-state index < -0.39 is 0 Å². The Kier molecular flexibility index (Phi) is 7.87. The van der Waals surface area contributed by atoms with Gasteiger partial charge in [-0.15, -0.1) is 0 Å². The highest BCUT2D eigenvalue weighted by Crippen LogP contribution is 2.42. The molecule has 13 rings (SSSR count). The fraction of sp³-hybridized carbons (Fsp3) is 0.0364. The minimum atomic E-state index is 0.530. The van der Waals surface area contributed by atoms with Crippen molar-refractivity contribution in [1.82, 2.24) is 19.5 Å². The summed E-state index contributed by atoms with van der Waals surface area (Å²) in [4.78, 5) is 15.8. The summed E-state index contributed by atoms with van der Waals surface area (Å²) in [5, 5.41) is 11.2. The van der Waals surface area contributed by atoms with E-state index in [4.69, 9.17) is 23.8 Å². The normalized spacial score (nSPS) is 11.8. The minimum absolute atomic E-state index is 0.530. The molecule has 0 aliphatic carbocycles. The smallest absolute Gasteiger partial charge is 0.238 e. The third-order valence-electron chi connectivity index (χ3n) is 11.8. The molecular formula is C55H36N4O2. The summed E-state index contributed by atoms with van der Waals surface area (Å²) in [6.45, 7) is 4.00. The van der Waals surface area contributed by atoms with Gasteiger partial charge in [0.1, 0.15) is 22.3 Å². The maximum absolute atomic E-state index is 6.42. The lowest BCUT2D eigenvalue weighted by atomic mass is 9.98. The van der Waals surface area contributed by atoms with E-state index in [9.17, 15) is 0 Å². The molecule has 0 N–H and O–H groups in total. The van der Waals surface area contributed by atoms with Gasteiger partial charge in [-0.25, -0.2) is 4.98 Å². The Morgan fingerprint density at radius 1 is 0.377 bits per heavy atom. The third-order valence-corrected chi connectivity index (χ3v) is 11.8. The molecule has 6 nitrogen and oxygen atoms in total. The number of hydrogen-bond acceptors (Lipinski definition) is 5. The van der Waals surface area contributed by atoms with E-state index in [-0.39, 0.29) is 0 Å². The van der Waals surface area contributed by atoms with Gasteiger partial charge in [-0.1, -0.05) is 147 Å². The van der Waals surface area contributed by atoms with Crippen molar-refractivity contribution in [3.05, 3.63) is 182 Å². The van der Waals surface area contributed by atoms with Crippen molar-refractivity contribution in [1.29, 1.82) is 0 Å². The predicted molar refractivity (Wildman–Crippen MR) is 251 cm³/mol. The summed E-state index contributed by atoms with van der Waals surface area (Å²) in [5.41, 5.74) is 9.27. The SMILES string of the molecule is CC.c1ccc2cc(-c3nc(-c4ccc5c(c4)oc4ccccc45)nc(-n4c5ccccc5c5cccc(-c6ccc7oc8ccc9ccccc9c8c7c6)c54)n3)ccc2c1. The van der Waals surface area contributed by atoms with Crippen molar-refractivity contribution in [2.45, 2.75) is 13.8 Å². The van der Waals surface area contributed by atoms with Gasteiger partial charge in [0.05, 0.1) is 11.0 Å². The van der Waals surface area contributed by atoms with Gasteiger partial charge in [-0.05, 0) is 75.6 Å². The lowest BCUT2D eigenvalue weighted by molar-refractivity contribution is 0.668. The fourth-order valence-electron chi connectivity index (χ4n) is 9.09. The molecule has 0 saturated heterocycles. The minimum Gasteiger partial charge on any atom is -0.456 e. The highest BCUT2D eigenvalue weighted by atomic mass is 16.3. The van der Waals surface area contributed by atoms with E-state index in [1.54, 1.807) is 0 Å². The molecule has 0 fully saturated rings. The van der Waals surface area contributed by atoms with Crippen molar-refractivity contribution in [2.75, 3.05) is 0 Å². The van der Waals surface area contributed by atoms with Crippen LogP contribution in [0.2, 0.25) is 0 Å². The van der Waals surface area contributed by atoms with E-state index in [2.05, 4.69) is 162 Å². The Bertz CT molecular complexity index is 3870. The monoisotopic (exact) mass is 784 g/mol. The van der Waals surface area contributed by atoms with Crippen molar-refractivity contribution >= 4 is 87.2 Å². The van der Waals surface area contributed by atoms with Crippen LogP contribution < -0.4 is 0 Å². The van der Waals surface area contributed by atoms with Gasteiger partial charge >= 0.3 is 0 Å². The van der Waals surface area contributed by atoms with E-state index in [1.807, 2.05) is 38.1 Å². The van der Waals surface area contributed by atoms with E-state index in [0.717, 1.165) is 98.7 Å².